The van der Waals surface area contributed by atoms with E-state index in [-0.39, 0.29) is 15.8 Å². The number of benzene rings is 1. The van der Waals surface area contributed by atoms with Crippen molar-refractivity contribution in [3.05, 3.63) is 59.9 Å². The number of rotatable bonds is 3. The van der Waals surface area contributed by atoms with E-state index in [4.69, 9.17) is 4.74 Å². The average Bonchev–Trinajstić information content (AvgIpc) is 2.51. The topological polar surface area (TPSA) is 39.2 Å². The van der Waals surface area contributed by atoms with Crippen LogP contribution in [0.25, 0.3) is 0 Å². The molecule has 1 aromatic carbocycles. The van der Waals surface area contributed by atoms with E-state index in [1.165, 1.54) is 0 Å². The third-order valence-corrected chi connectivity index (χ3v) is 5.11. The molecule has 21 heavy (non-hydrogen) atoms. The number of carbonyl (C=O) groups excluding carboxylic acids is 1. The van der Waals surface area contributed by atoms with Crippen LogP contribution in [-0.4, -0.2) is 22.6 Å². The van der Waals surface area contributed by atoms with Gasteiger partial charge in [0.15, 0.2) is 5.78 Å². The quantitative estimate of drug-likeness (QED) is 0.866. The molecule has 1 aliphatic heterocycles. The van der Waals surface area contributed by atoms with Crippen molar-refractivity contribution in [2.45, 2.75) is 23.8 Å². The number of Topliss-reactive ketones (excluding diaryl/α,β-unsaturated/α-hetero) is 1. The zero-order valence-corrected chi connectivity index (χ0v) is 12.9. The molecule has 2 heterocycles. The Morgan fingerprint density at radius 2 is 1.90 bits per heavy atom. The fraction of sp³-hybridized carbons (Fsp3) is 0.294. The van der Waals surface area contributed by atoms with Crippen LogP contribution in [-0.2, 0) is 4.75 Å². The minimum absolute atomic E-state index is 0.156. The summed E-state index contributed by atoms with van der Waals surface area (Å²) in [6.07, 6.45) is 3.57. The summed E-state index contributed by atoms with van der Waals surface area (Å²) in [4.78, 5) is 16.7. The minimum atomic E-state index is -0.178. The lowest BCUT2D eigenvalue weighted by molar-refractivity contribution is 0.0942. The zero-order valence-electron chi connectivity index (χ0n) is 12.1. The van der Waals surface area contributed by atoms with Crippen LogP contribution in [0.15, 0.2) is 48.8 Å². The van der Waals surface area contributed by atoms with Gasteiger partial charge in [-0.3, -0.25) is 9.78 Å². The molecule has 108 valence electrons. The number of ketones is 1. The fourth-order valence-corrected chi connectivity index (χ4v) is 3.83. The molecule has 1 aromatic heterocycles. The number of thioether (sulfide) groups is 1. The summed E-state index contributed by atoms with van der Waals surface area (Å²) in [6, 6.07) is 11.4. The second-order valence-electron chi connectivity index (χ2n) is 5.52. The Labute approximate surface area is 128 Å². The summed E-state index contributed by atoms with van der Waals surface area (Å²) in [5.41, 5.74) is 1.85. The van der Waals surface area contributed by atoms with E-state index < -0.39 is 0 Å². The molecule has 3 rings (SSSR count). The van der Waals surface area contributed by atoms with E-state index in [1.807, 2.05) is 36.4 Å². The molecule has 0 fully saturated rings. The van der Waals surface area contributed by atoms with Gasteiger partial charge in [-0.1, -0.05) is 12.1 Å². The third-order valence-electron chi connectivity index (χ3n) is 3.65. The maximum Gasteiger partial charge on any atom is 0.183 e. The first-order valence-electron chi connectivity index (χ1n) is 6.92. The molecule has 1 aliphatic rings. The Morgan fingerprint density at radius 3 is 2.67 bits per heavy atom. The average molecular weight is 299 g/mol. The van der Waals surface area contributed by atoms with Crippen LogP contribution in [0.3, 0.4) is 0 Å². The van der Waals surface area contributed by atoms with Crippen molar-refractivity contribution in [1.82, 2.24) is 4.98 Å². The van der Waals surface area contributed by atoms with Crippen LogP contribution >= 0.6 is 11.8 Å². The number of hydrogen-bond donors (Lipinski definition) is 0. The standard InChI is InChI=1S/C17H17NO2S/c1-17(2,12-7-9-18-10-8-12)21-15-11-20-14-6-4-3-5-13(14)16(15)19/h3-10,15H,11H2,1-2H3. The Morgan fingerprint density at radius 1 is 1.19 bits per heavy atom. The first-order chi connectivity index (χ1) is 10.1. The van der Waals surface area contributed by atoms with Gasteiger partial charge < -0.3 is 4.74 Å². The van der Waals surface area contributed by atoms with Crippen molar-refractivity contribution in [2.24, 2.45) is 0 Å². The van der Waals surface area contributed by atoms with Gasteiger partial charge in [0, 0.05) is 17.1 Å². The van der Waals surface area contributed by atoms with Gasteiger partial charge >= 0.3 is 0 Å². The molecule has 4 heteroatoms. The predicted molar refractivity (Wildman–Crippen MR) is 84.9 cm³/mol. The van der Waals surface area contributed by atoms with Gasteiger partial charge in [0.1, 0.15) is 17.6 Å². The van der Waals surface area contributed by atoms with E-state index >= 15 is 0 Å². The van der Waals surface area contributed by atoms with Crippen LogP contribution in [0.5, 0.6) is 5.75 Å². The van der Waals surface area contributed by atoms with Crippen molar-refractivity contribution < 1.29 is 9.53 Å². The normalized spacial score (nSPS) is 18.0. The maximum atomic E-state index is 12.6. The van der Waals surface area contributed by atoms with E-state index in [0.717, 1.165) is 5.56 Å². The Kier molecular flexibility index (Phi) is 3.72. The van der Waals surface area contributed by atoms with Crippen molar-refractivity contribution >= 4 is 17.5 Å². The molecule has 0 N–H and O–H groups in total. The maximum absolute atomic E-state index is 12.6. The highest BCUT2D eigenvalue weighted by molar-refractivity contribution is 8.01. The molecule has 0 radical (unpaired) electrons. The van der Waals surface area contributed by atoms with Crippen LogP contribution in [0.2, 0.25) is 0 Å². The first-order valence-corrected chi connectivity index (χ1v) is 7.80. The second-order valence-corrected chi connectivity index (χ2v) is 7.35. The van der Waals surface area contributed by atoms with Gasteiger partial charge in [0.2, 0.25) is 0 Å². The number of para-hydroxylation sites is 1. The molecule has 0 saturated carbocycles. The van der Waals surface area contributed by atoms with Crippen molar-refractivity contribution in [3.63, 3.8) is 0 Å². The van der Waals surface area contributed by atoms with Gasteiger partial charge in [-0.15, -0.1) is 11.8 Å². The molecule has 0 spiro atoms. The summed E-state index contributed by atoms with van der Waals surface area (Å²) in [5.74, 6) is 0.852. The molecular weight excluding hydrogens is 282 g/mol. The van der Waals surface area contributed by atoms with Gasteiger partial charge in [-0.05, 0) is 43.7 Å². The summed E-state index contributed by atoms with van der Waals surface area (Å²) in [6.45, 7) is 4.68. The highest BCUT2D eigenvalue weighted by Crippen LogP contribution is 2.41. The summed E-state index contributed by atoms with van der Waals surface area (Å²) in [5, 5.41) is -0.178. The number of aromatic nitrogens is 1. The number of fused-ring (bicyclic) bond motifs is 1. The highest BCUT2D eigenvalue weighted by Gasteiger charge is 2.34. The number of hydrogen-bond acceptors (Lipinski definition) is 4. The minimum Gasteiger partial charge on any atom is -0.491 e. The van der Waals surface area contributed by atoms with E-state index in [2.05, 4.69) is 18.8 Å². The molecule has 0 amide bonds. The summed E-state index contributed by atoms with van der Waals surface area (Å²) >= 11 is 1.65. The van der Waals surface area contributed by atoms with Crippen molar-refractivity contribution in [2.75, 3.05) is 6.61 Å². The number of carbonyl (C=O) groups is 1. The van der Waals surface area contributed by atoms with Crippen LogP contribution < -0.4 is 4.74 Å². The summed E-state index contributed by atoms with van der Waals surface area (Å²) < 4.78 is 5.57. The molecule has 0 saturated heterocycles. The molecule has 0 bridgehead atoms. The monoisotopic (exact) mass is 299 g/mol. The lowest BCUT2D eigenvalue weighted by Gasteiger charge is -2.31. The second kappa shape index (κ2) is 5.53. The van der Waals surface area contributed by atoms with Crippen LogP contribution in [0, 0.1) is 0 Å². The number of ether oxygens (including phenoxy) is 1. The molecule has 3 nitrogen and oxygen atoms in total. The van der Waals surface area contributed by atoms with Gasteiger partial charge in [0.25, 0.3) is 0 Å². The molecule has 0 aliphatic carbocycles. The van der Waals surface area contributed by atoms with Gasteiger partial charge in [-0.2, -0.15) is 0 Å². The lowest BCUT2D eigenvalue weighted by Crippen LogP contribution is -2.33. The fourth-order valence-electron chi connectivity index (χ4n) is 2.48. The van der Waals surface area contributed by atoms with Gasteiger partial charge in [0.05, 0.1) is 5.56 Å². The SMILES string of the molecule is CC(C)(SC1COc2ccccc2C1=O)c1ccncc1. The van der Waals surface area contributed by atoms with Crippen LogP contribution in [0.1, 0.15) is 29.8 Å². The van der Waals surface area contributed by atoms with E-state index in [1.54, 1.807) is 24.2 Å². The summed E-state index contributed by atoms with van der Waals surface area (Å²) in [7, 11) is 0. The van der Waals surface area contributed by atoms with Crippen LogP contribution in [0.4, 0.5) is 0 Å². The smallest absolute Gasteiger partial charge is 0.183 e. The van der Waals surface area contributed by atoms with Crippen molar-refractivity contribution in [3.8, 4) is 5.75 Å². The highest BCUT2D eigenvalue weighted by atomic mass is 32.2. The largest absolute Gasteiger partial charge is 0.491 e. The zero-order chi connectivity index (χ0) is 14.9. The molecule has 1 unspecified atom stereocenters. The van der Waals surface area contributed by atoms with Crippen molar-refractivity contribution in [1.29, 1.82) is 0 Å². The Balaban J connectivity index is 1.82. The number of pyridine rings is 1. The first kappa shape index (κ1) is 14.1. The molecule has 1 atom stereocenters. The van der Waals surface area contributed by atoms with Gasteiger partial charge in [-0.25, -0.2) is 0 Å². The Hall–Kier alpha value is -1.81. The molecular formula is C17H17NO2S. The Bertz CT molecular complexity index is 655. The van der Waals surface area contributed by atoms with E-state index in [0.29, 0.717) is 17.9 Å². The molecule has 2 aromatic rings. The number of nitrogens with zero attached hydrogens (tertiary/aromatic N) is 1. The van der Waals surface area contributed by atoms with E-state index in [9.17, 15) is 4.79 Å². The predicted octanol–water partition coefficient (Wildman–Crippen LogP) is 3.69. The lowest BCUT2D eigenvalue weighted by atomic mass is 10.0. The third kappa shape index (κ3) is 2.81.